The van der Waals surface area contributed by atoms with Gasteiger partial charge < -0.3 is 15.4 Å². The molecule has 0 aliphatic carbocycles. The lowest BCUT2D eigenvalue weighted by Crippen LogP contribution is -2.36. The Morgan fingerprint density at radius 1 is 1.17 bits per heavy atom. The molecule has 1 aromatic heterocycles. The molecule has 0 bridgehead atoms. The molecular formula is C16H20N4O2S. The van der Waals surface area contributed by atoms with Crippen LogP contribution in [0.3, 0.4) is 0 Å². The summed E-state index contributed by atoms with van der Waals surface area (Å²) in [7, 11) is 3.08. The maximum Gasteiger partial charge on any atom is 0.411 e. The number of anilines is 1. The van der Waals surface area contributed by atoms with E-state index >= 15 is 0 Å². The van der Waals surface area contributed by atoms with Crippen molar-refractivity contribution < 1.29 is 9.53 Å². The van der Waals surface area contributed by atoms with E-state index in [2.05, 4.69) is 37.1 Å². The number of thiophene rings is 1. The first-order valence-electron chi connectivity index (χ1n) is 7.12. The summed E-state index contributed by atoms with van der Waals surface area (Å²) in [6.07, 6.45) is -0.478. The molecule has 0 saturated heterocycles. The SMILES string of the molecule is CN=C(NCc1ccc(NC(=O)OC)cc1)NCc1cccs1. The van der Waals surface area contributed by atoms with Crippen LogP contribution in [0.15, 0.2) is 46.8 Å². The molecule has 2 rings (SSSR count). The summed E-state index contributed by atoms with van der Waals surface area (Å²) in [5, 5.41) is 11.2. The average molecular weight is 332 g/mol. The number of carbonyl (C=O) groups is 1. The summed E-state index contributed by atoms with van der Waals surface area (Å²) in [4.78, 5) is 16.6. The molecule has 0 saturated carbocycles. The highest BCUT2D eigenvalue weighted by molar-refractivity contribution is 7.09. The lowest BCUT2D eigenvalue weighted by Gasteiger charge is -2.11. The van der Waals surface area contributed by atoms with Crippen molar-refractivity contribution in [1.82, 2.24) is 10.6 Å². The second-order valence-electron chi connectivity index (χ2n) is 4.67. The highest BCUT2D eigenvalue weighted by atomic mass is 32.1. The fourth-order valence-corrected chi connectivity index (χ4v) is 2.51. The number of ether oxygens (including phenoxy) is 1. The first kappa shape index (κ1) is 16.8. The van der Waals surface area contributed by atoms with Gasteiger partial charge in [-0.05, 0) is 29.1 Å². The third kappa shape index (κ3) is 5.63. The number of rotatable bonds is 5. The molecule has 0 aliphatic rings. The lowest BCUT2D eigenvalue weighted by molar-refractivity contribution is 0.187. The van der Waals surface area contributed by atoms with Gasteiger partial charge in [0.05, 0.1) is 13.7 Å². The molecule has 6 nitrogen and oxygen atoms in total. The monoisotopic (exact) mass is 332 g/mol. The van der Waals surface area contributed by atoms with Crippen LogP contribution in [0.1, 0.15) is 10.4 Å². The summed E-state index contributed by atoms with van der Waals surface area (Å²) in [5.74, 6) is 0.746. The number of benzene rings is 1. The predicted octanol–water partition coefficient (Wildman–Crippen LogP) is 2.79. The molecule has 1 amide bonds. The van der Waals surface area contributed by atoms with Gasteiger partial charge in [-0.3, -0.25) is 10.3 Å². The molecule has 1 heterocycles. The van der Waals surface area contributed by atoms with Crippen LogP contribution in [0.25, 0.3) is 0 Å². The molecule has 3 N–H and O–H groups in total. The molecule has 0 unspecified atom stereocenters. The molecule has 0 spiro atoms. The predicted molar refractivity (Wildman–Crippen MR) is 93.8 cm³/mol. The van der Waals surface area contributed by atoms with Crippen molar-refractivity contribution in [2.45, 2.75) is 13.1 Å². The summed E-state index contributed by atoms with van der Waals surface area (Å²) in [6, 6.07) is 11.6. The van der Waals surface area contributed by atoms with Gasteiger partial charge in [0, 0.05) is 24.2 Å². The van der Waals surface area contributed by atoms with E-state index in [1.165, 1.54) is 12.0 Å². The zero-order valence-corrected chi connectivity index (χ0v) is 13.9. The Morgan fingerprint density at radius 2 is 1.91 bits per heavy atom. The Balaban J connectivity index is 1.80. The van der Waals surface area contributed by atoms with E-state index in [0.29, 0.717) is 12.2 Å². The molecule has 0 atom stereocenters. The Bertz CT molecular complexity index is 639. The topological polar surface area (TPSA) is 74.8 Å². The Kier molecular flexibility index (Phi) is 6.43. The van der Waals surface area contributed by atoms with Crippen LogP contribution in [0, 0.1) is 0 Å². The van der Waals surface area contributed by atoms with E-state index in [-0.39, 0.29) is 0 Å². The van der Waals surface area contributed by atoms with Gasteiger partial charge >= 0.3 is 6.09 Å². The first-order valence-corrected chi connectivity index (χ1v) is 8.00. The second-order valence-corrected chi connectivity index (χ2v) is 5.70. The molecule has 122 valence electrons. The number of amides is 1. The Hall–Kier alpha value is -2.54. The van der Waals surface area contributed by atoms with E-state index in [9.17, 15) is 4.79 Å². The number of aliphatic imine (C=N–C) groups is 1. The molecule has 0 fully saturated rings. The number of carbonyl (C=O) groups excluding carboxylic acids is 1. The van der Waals surface area contributed by atoms with Crippen molar-refractivity contribution in [3.8, 4) is 0 Å². The normalized spacial score (nSPS) is 11.0. The molecule has 2 aromatic rings. The van der Waals surface area contributed by atoms with E-state index < -0.39 is 6.09 Å². The third-order valence-corrected chi connectivity index (χ3v) is 3.96. The average Bonchev–Trinajstić information content (AvgIpc) is 3.09. The van der Waals surface area contributed by atoms with Crippen molar-refractivity contribution in [2.24, 2.45) is 4.99 Å². The van der Waals surface area contributed by atoms with Crippen molar-refractivity contribution in [1.29, 1.82) is 0 Å². The molecular weight excluding hydrogens is 312 g/mol. The minimum absolute atomic E-state index is 0.478. The van der Waals surface area contributed by atoms with Crippen molar-refractivity contribution in [3.05, 3.63) is 52.2 Å². The van der Waals surface area contributed by atoms with Crippen LogP contribution in [0.5, 0.6) is 0 Å². The van der Waals surface area contributed by atoms with Crippen LogP contribution in [0.4, 0.5) is 10.5 Å². The summed E-state index contributed by atoms with van der Waals surface area (Å²) < 4.78 is 4.55. The third-order valence-electron chi connectivity index (χ3n) is 3.08. The van der Waals surface area contributed by atoms with Crippen molar-refractivity contribution in [3.63, 3.8) is 0 Å². The van der Waals surface area contributed by atoms with E-state index in [0.717, 1.165) is 18.1 Å². The maximum absolute atomic E-state index is 11.1. The Labute approximate surface area is 139 Å². The molecule has 23 heavy (non-hydrogen) atoms. The Morgan fingerprint density at radius 3 is 2.52 bits per heavy atom. The number of hydrogen-bond donors (Lipinski definition) is 3. The molecule has 7 heteroatoms. The van der Waals surface area contributed by atoms with Gasteiger partial charge in [0.1, 0.15) is 0 Å². The fraction of sp³-hybridized carbons (Fsp3) is 0.250. The smallest absolute Gasteiger partial charge is 0.411 e. The summed E-state index contributed by atoms with van der Waals surface area (Å²) in [5.41, 5.74) is 1.78. The second kappa shape index (κ2) is 8.79. The van der Waals surface area contributed by atoms with Gasteiger partial charge in [0.15, 0.2) is 5.96 Å². The standard InChI is InChI=1S/C16H20N4O2S/c1-17-15(19-11-14-4-3-9-23-14)18-10-12-5-7-13(8-6-12)20-16(21)22-2/h3-9H,10-11H2,1-2H3,(H,20,21)(H2,17,18,19). The number of hydrogen-bond acceptors (Lipinski definition) is 4. The highest BCUT2D eigenvalue weighted by Gasteiger charge is 2.02. The van der Waals surface area contributed by atoms with Crippen LogP contribution in [-0.4, -0.2) is 26.2 Å². The maximum atomic E-state index is 11.1. The molecule has 0 radical (unpaired) electrons. The van der Waals surface area contributed by atoms with Crippen LogP contribution >= 0.6 is 11.3 Å². The summed E-state index contributed by atoms with van der Waals surface area (Å²) in [6.45, 7) is 1.39. The van der Waals surface area contributed by atoms with Gasteiger partial charge in [-0.25, -0.2) is 4.79 Å². The minimum Gasteiger partial charge on any atom is -0.453 e. The quantitative estimate of drug-likeness (QED) is 0.581. The van der Waals surface area contributed by atoms with E-state index in [1.54, 1.807) is 18.4 Å². The van der Waals surface area contributed by atoms with Crippen molar-refractivity contribution in [2.75, 3.05) is 19.5 Å². The molecule has 0 aliphatic heterocycles. The zero-order chi connectivity index (χ0) is 16.5. The number of guanidine groups is 1. The number of nitrogens with zero attached hydrogens (tertiary/aromatic N) is 1. The highest BCUT2D eigenvalue weighted by Crippen LogP contribution is 2.10. The van der Waals surface area contributed by atoms with Gasteiger partial charge in [-0.2, -0.15) is 0 Å². The zero-order valence-electron chi connectivity index (χ0n) is 13.1. The van der Waals surface area contributed by atoms with Gasteiger partial charge in [-0.1, -0.05) is 18.2 Å². The van der Waals surface area contributed by atoms with Crippen LogP contribution in [0.2, 0.25) is 0 Å². The van der Waals surface area contributed by atoms with Gasteiger partial charge in [0.25, 0.3) is 0 Å². The molecule has 1 aromatic carbocycles. The lowest BCUT2D eigenvalue weighted by atomic mass is 10.2. The van der Waals surface area contributed by atoms with Gasteiger partial charge in [0.2, 0.25) is 0 Å². The number of nitrogens with one attached hydrogen (secondary N) is 3. The first-order chi connectivity index (χ1) is 11.2. The summed E-state index contributed by atoms with van der Waals surface area (Å²) >= 11 is 1.71. The van der Waals surface area contributed by atoms with Crippen LogP contribution in [-0.2, 0) is 17.8 Å². The fourth-order valence-electron chi connectivity index (χ4n) is 1.87. The van der Waals surface area contributed by atoms with E-state index in [1.807, 2.05) is 30.3 Å². The van der Waals surface area contributed by atoms with Gasteiger partial charge in [-0.15, -0.1) is 11.3 Å². The largest absolute Gasteiger partial charge is 0.453 e. The van der Waals surface area contributed by atoms with E-state index in [4.69, 9.17) is 0 Å². The number of methoxy groups -OCH3 is 1. The van der Waals surface area contributed by atoms with Crippen LogP contribution < -0.4 is 16.0 Å². The minimum atomic E-state index is -0.478. The van der Waals surface area contributed by atoms with Crippen molar-refractivity contribution >= 4 is 29.1 Å².